The Hall–Kier alpha value is -2.38. The summed E-state index contributed by atoms with van der Waals surface area (Å²) in [6, 6.07) is 21.1. The van der Waals surface area contributed by atoms with Gasteiger partial charge in [-0.2, -0.15) is 0 Å². The molecular formula is C19H13ClO. The molecule has 2 heteroatoms. The zero-order valence-electron chi connectivity index (χ0n) is 11.3. The predicted octanol–water partition coefficient (Wildman–Crippen LogP) is 5.39. The molecule has 3 rings (SSSR count). The minimum Gasteiger partial charge on any atom is -0.289 e. The van der Waals surface area contributed by atoms with Gasteiger partial charge in [0.25, 0.3) is 0 Å². The van der Waals surface area contributed by atoms with Crippen molar-refractivity contribution in [2.24, 2.45) is 0 Å². The Labute approximate surface area is 128 Å². The number of carbonyl (C=O) groups is 1. The van der Waals surface area contributed by atoms with Gasteiger partial charge in [-0.15, -0.1) is 0 Å². The second kappa shape index (κ2) is 5.94. The van der Waals surface area contributed by atoms with Crippen LogP contribution in [-0.2, 0) is 0 Å². The van der Waals surface area contributed by atoms with Crippen LogP contribution in [0.4, 0.5) is 0 Å². The number of halogens is 1. The summed E-state index contributed by atoms with van der Waals surface area (Å²) >= 11 is 5.92. The van der Waals surface area contributed by atoms with Gasteiger partial charge in [0, 0.05) is 10.6 Å². The lowest BCUT2D eigenvalue weighted by atomic mass is 10.0. The molecule has 0 bridgehead atoms. The van der Waals surface area contributed by atoms with E-state index in [-0.39, 0.29) is 5.78 Å². The fourth-order valence-electron chi connectivity index (χ4n) is 2.22. The molecule has 1 nitrogen and oxygen atoms in total. The number of benzene rings is 3. The smallest absolute Gasteiger partial charge is 0.185 e. The van der Waals surface area contributed by atoms with Gasteiger partial charge in [0.05, 0.1) is 0 Å². The maximum Gasteiger partial charge on any atom is 0.185 e. The van der Waals surface area contributed by atoms with Gasteiger partial charge in [-0.05, 0) is 40.6 Å². The summed E-state index contributed by atoms with van der Waals surface area (Å²) in [5.74, 6) is -0.0132. The summed E-state index contributed by atoms with van der Waals surface area (Å²) < 4.78 is 0. The number of rotatable bonds is 3. The molecule has 0 heterocycles. The minimum atomic E-state index is -0.0132. The first-order chi connectivity index (χ1) is 10.2. The average molecular weight is 293 g/mol. The summed E-state index contributed by atoms with van der Waals surface area (Å²) in [5, 5.41) is 2.86. The zero-order chi connectivity index (χ0) is 14.7. The third kappa shape index (κ3) is 3.21. The van der Waals surface area contributed by atoms with Gasteiger partial charge in [-0.3, -0.25) is 4.79 Å². The van der Waals surface area contributed by atoms with E-state index >= 15 is 0 Å². The SMILES string of the molecule is O=C(/C=C/c1cccc(Cl)c1)c1ccc2ccccc2c1. The first-order valence-corrected chi connectivity index (χ1v) is 7.07. The van der Waals surface area contributed by atoms with Gasteiger partial charge in [0.2, 0.25) is 0 Å². The average Bonchev–Trinajstić information content (AvgIpc) is 2.52. The lowest BCUT2D eigenvalue weighted by Crippen LogP contribution is -1.93. The van der Waals surface area contributed by atoms with Gasteiger partial charge in [-0.1, -0.05) is 66.2 Å². The van der Waals surface area contributed by atoms with Crippen LogP contribution in [0.5, 0.6) is 0 Å². The second-order valence-corrected chi connectivity index (χ2v) is 5.25. The lowest BCUT2D eigenvalue weighted by Gasteiger charge is -2.00. The number of hydrogen-bond donors (Lipinski definition) is 0. The Morgan fingerprint density at radius 3 is 2.48 bits per heavy atom. The van der Waals surface area contributed by atoms with Crippen LogP contribution in [0.15, 0.2) is 72.8 Å². The Kier molecular flexibility index (Phi) is 3.85. The molecule has 21 heavy (non-hydrogen) atoms. The number of carbonyl (C=O) groups excluding carboxylic acids is 1. The van der Waals surface area contributed by atoms with Crippen LogP contribution in [0.2, 0.25) is 5.02 Å². The largest absolute Gasteiger partial charge is 0.289 e. The van der Waals surface area contributed by atoms with Crippen molar-refractivity contribution in [2.45, 2.75) is 0 Å². The molecule has 0 aliphatic rings. The van der Waals surface area contributed by atoms with E-state index in [0.717, 1.165) is 16.3 Å². The molecule has 0 aliphatic carbocycles. The van der Waals surface area contributed by atoms with Gasteiger partial charge in [0.15, 0.2) is 5.78 Å². The number of ketones is 1. The monoisotopic (exact) mass is 292 g/mol. The number of hydrogen-bond acceptors (Lipinski definition) is 1. The Morgan fingerprint density at radius 2 is 1.67 bits per heavy atom. The van der Waals surface area contributed by atoms with Crippen molar-refractivity contribution in [2.75, 3.05) is 0 Å². The van der Waals surface area contributed by atoms with Crippen molar-refractivity contribution in [1.82, 2.24) is 0 Å². The molecule has 3 aromatic rings. The maximum absolute atomic E-state index is 12.2. The molecule has 0 aliphatic heterocycles. The molecule has 0 unspecified atom stereocenters. The maximum atomic E-state index is 12.2. The fourth-order valence-corrected chi connectivity index (χ4v) is 2.42. The number of fused-ring (bicyclic) bond motifs is 1. The summed E-state index contributed by atoms with van der Waals surface area (Å²) in [4.78, 5) is 12.2. The van der Waals surface area contributed by atoms with Crippen LogP contribution in [0.1, 0.15) is 15.9 Å². The summed E-state index contributed by atoms with van der Waals surface area (Å²) in [6.07, 6.45) is 3.36. The van der Waals surface area contributed by atoms with E-state index in [0.29, 0.717) is 10.6 Å². The first kappa shape index (κ1) is 13.6. The van der Waals surface area contributed by atoms with Crippen LogP contribution >= 0.6 is 11.6 Å². The normalized spacial score (nSPS) is 11.1. The van der Waals surface area contributed by atoms with E-state index in [4.69, 9.17) is 11.6 Å². The van der Waals surface area contributed by atoms with E-state index in [1.54, 1.807) is 12.2 Å². The molecule has 0 amide bonds. The van der Waals surface area contributed by atoms with Crippen molar-refractivity contribution in [3.8, 4) is 0 Å². The van der Waals surface area contributed by atoms with Crippen LogP contribution in [0, 0.1) is 0 Å². The first-order valence-electron chi connectivity index (χ1n) is 6.69. The van der Waals surface area contributed by atoms with E-state index in [1.807, 2.05) is 66.7 Å². The Balaban J connectivity index is 1.86. The second-order valence-electron chi connectivity index (χ2n) is 4.81. The van der Waals surface area contributed by atoms with Crippen LogP contribution in [0.25, 0.3) is 16.8 Å². The van der Waals surface area contributed by atoms with Crippen molar-refractivity contribution < 1.29 is 4.79 Å². The fraction of sp³-hybridized carbons (Fsp3) is 0. The van der Waals surface area contributed by atoms with Crippen molar-refractivity contribution in [1.29, 1.82) is 0 Å². The summed E-state index contributed by atoms with van der Waals surface area (Å²) in [5.41, 5.74) is 1.60. The van der Waals surface area contributed by atoms with Crippen molar-refractivity contribution in [3.63, 3.8) is 0 Å². The highest BCUT2D eigenvalue weighted by molar-refractivity contribution is 6.30. The number of allylic oxidation sites excluding steroid dienone is 1. The standard InChI is InChI=1S/C19H13ClO/c20-18-7-3-4-14(12-18)8-11-19(21)17-10-9-15-5-1-2-6-16(15)13-17/h1-13H/b11-8+. The molecular weight excluding hydrogens is 280 g/mol. The van der Waals surface area contributed by atoms with Crippen molar-refractivity contribution in [3.05, 3.63) is 89.0 Å². The Bertz CT molecular complexity index is 834. The molecule has 0 fully saturated rings. The van der Waals surface area contributed by atoms with Crippen molar-refractivity contribution >= 4 is 34.2 Å². The molecule has 3 aromatic carbocycles. The zero-order valence-corrected chi connectivity index (χ0v) is 12.0. The Morgan fingerprint density at radius 1 is 0.857 bits per heavy atom. The molecule has 0 saturated carbocycles. The molecule has 0 aromatic heterocycles. The lowest BCUT2D eigenvalue weighted by molar-refractivity contribution is 0.104. The highest BCUT2D eigenvalue weighted by Crippen LogP contribution is 2.17. The van der Waals surface area contributed by atoms with E-state index in [2.05, 4.69) is 0 Å². The molecule has 0 spiro atoms. The van der Waals surface area contributed by atoms with Crippen LogP contribution in [-0.4, -0.2) is 5.78 Å². The van der Waals surface area contributed by atoms with Gasteiger partial charge in [-0.25, -0.2) is 0 Å². The highest BCUT2D eigenvalue weighted by Gasteiger charge is 2.02. The van der Waals surface area contributed by atoms with Gasteiger partial charge in [0.1, 0.15) is 0 Å². The minimum absolute atomic E-state index is 0.0132. The summed E-state index contributed by atoms with van der Waals surface area (Å²) in [6.45, 7) is 0. The van der Waals surface area contributed by atoms with E-state index in [9.17, 15) is 4.79 Å². The highest BCUT2D eigenvalue weighted by atomic mass is 35.5. The predicted molar refractivity (Wildman–Crippen MR) is 88.8 cm³/mol. The van der Waals surface area contributed by atoms with Crippen LogP contribution in [0.3, 0.4) is 0 Å². The van der Waals surface area contributed by atoms with E-state index in [1.165, 1.54) is 0 Å². The molecule has 102 valence electrons. The quantitative estimate of drug-likeness (QED) is 0.467. The third-order valence-electron chi connectivity index (χ3n) is 3.31. The molecule has 0 N–H and O–H groups in total. The van der Waals surface area contributed by atoms with Crippen LogP contribution < -0.4 is 0 Å². The molecule has 0 saturated heterocycles. The van der Waals surface area contributed by atoms with E-state index < -0.39 is 0 Å². The molecule has 0 atom stereocenters. The summed E-state index contributed by atoms with van der Waals surface area (Å²) in [7, 11) is 0. The van der Waals surface area contributed by atoms with Gasteiger partial charge >= 0.3 is 0 Å². The third-order valence-corrected chi connectivity index (χ3v) is 3.54. The molecule has 0 radical (unpaired) electrons. The van der Waals surface area contributed by atoms with Gasteiger partial charge < -0.3 is 0 Å². The topological polar surface area (TPSA) is 17.1 Å².